The summed E-state index contributed by atoms with van der Waals surface area (Å²) in [6.07, 6.45) is 6.36. The molecular weight excluding hydrogens is 210 g/mol. The molecule has 1 fully saturated rings. The molecule has 0 bridgehead atoms. The lowest BCUT2D eigenvalue weighted by molar-refractivity contribution is 0.0826. The molecule has 1 saturated heterocycles. The molecule has 3 nitrogen and oxygen atoms in total. The predicted octanol–water partition coefficient (Wildman–Crippen LogP) is 1.92. The summed E-state index contributed by atoms with van der Waals surface area (Å²) in [5, 5.41) is 0. The molecule has 0 radical (unpaired) electrons. The Morgan fingerprint density at radius 2 is 2.00 bits per heavy atom. The smallest absolute Gasteiger partial charge is 0.0344 e. The first-order valence-corrected chi connectivity index (χ1v) is 7.32. The molecule has 1 unspecified atom stereocenters. The monoisotopic (exact) mass is 241 g/mol. The van der Waals surface area contributed by atoms with Crippen LogP contribution < -0.4 is 5.73 Å². The number of hydrogen-bond donors (Lipinski definition) is 1. The Morgan fingerprint density at radius 1 is 1.24 bits per heavy atom. The van der Waals surface area contributed by atoms with Gasteiger partial charge in [0.1, 0.15) is 0 Å². The normalized spacial score (nSPS) is 27.4. The van der Waals surface area contributed by atoms with E-state index >= 15 is 0 Å². The highest BCUT2D eigenvalue weighted by Crippen LogP contribution is 2.28. The van der Waals surface area contributed by atoms with Crippen molar-refractivity contribution in [2.45, 2.75) is 51.5 Å². The van der Waals surface area contributed by atoms with Crippen LogP contribution in [0, 0.1) is 0 Å². The molecule has 1 heterocycles. The quantitative estimate of drug-likeness (QED) is 0.771. The third kappa shape index (κ3) is 3.94. The van der Waals surface area contributed by atoms with Crippen molar-refractivity contribution in [3.8, 4) is 0 Å². The lowest BCUT2D eigenvalue weighted by Crippen LogP contribution is -2.54. The average Bonchev–Trinajstić information content (AvgIpc) is 2.53. The van der Waals surface area contributed by atoms with Crippen molar-refractivity contribution >= 4 is 0 Å². The van der Waals surface area contributed by atoms with Gasteiger partial charge >= 0.3 is 0 Å². The van der Waals surface area contributed by atoms with Gasteiger partial charge in [-0.3, -0.25) is 4.90 Å². The van der Waals surface area contributed by atoms with Crippen molar-refractivity contribution in [1.82, 2.24) is 9.80 Å². The van der Waals surface area contributed by atoms with Gasteiger partial charge in [0.15, 0.2) is 0 Å². The molecule has 1 atom stereocenters. The summed E-state index contributed by atoms with van der Waals surface area (Å²) in [7, 11) is 2.23. The second-order valence-electron chi connectivity index (χ2n) is 5.52. The second-order valence-corrected chi connectivity index (χ2v) is 5.52. The maximum atomic E-state index is 6.14. The van der Waals surface area contributed by atoms with E-state index in [0.29, 0.717) is 0 Å². The number of rotatable bonds is 6. The number of likely N-dealkylation sites (N-methyl/N-ethyl adjacent to an activating group) is 1. The zero-order valence-electron chi connectivity index (χ0n) is 12.0. The van der Waals surface area contributed by atoms with Crippen LogP contribution >= 0.6 is 0 Å². The number of likely N-dealkylation sites (tertiary alicyclic amines) is 1. The van der Waals surface area contributed by atoms with Gasteiger partial charge in [0.25, 0.3) is 0 Å². The topological polar surface area (TPSA) is 32.5 Å². The minimum absolute atomic E-state index is 0.272. The molecule has 17 heavy (non-hydrogen) atoms. The van der Waals surface area contributed by atoms with Crippen LogP contribution in [-0.4, -0.2) is 55.1 Å². The highest BCUT2D eigenvalue weighted by atomic mass is 15.2. The van der Waals surface area contributed by atoms with E-state index < -0.39 is 0 Å². The Balaban J connectivity index is 2.69. The van der Waals surface area contributed by atoms with Crippen molar-refractivity contribution in [3.63, 3.8) is 0 Å². The highest BCUT2D eigenvalue weighted by Gasteiger charge is 2.35. The van der Waals surface area contributed by atoms with Crippen LogP contribution in [0.5, 0.6) is 0 Å². The first-order chi connectivity index (χ1) is 8.18. The number of nitrogens with two attached hydrogens (primary N) is 1. The molecule has 0 spiro atoms. The van der Waals surface area contributed by atoms with Gasteiger partial charge in [-0.05, 0) is 58.9 Å². The molecule has 0 aromatic heterocycles. The maximum Gasteiger partial charge on any atom is 0.0344 e. The van der Waals surface area contributed by atoms with Crippen molar-refractivity contribution < 1.29 is 0 Å². The SMILES string of the molecule is CCCCN(CC)C1(CN)CCCN(C)CC1. The second kappa shape index (κ2) is 7.34. The first-order valence-electron chi connectivity index (χ1n) is 7.32. The maximum absolute atomic E-state index is 6.14. The van der Waals surface area contributed by atoms with Gasteiger partial charge in [-0.2, -0.15) is 0 Å². The van der Waals surface area contributed by atoms with Gasteiger partial charge in [0.2, 0.25) is 0 Å². The standard InChI is InChI=1S/C14H31N3/c1-4-6-11-17(5-2)14(13-15)8-7-10-16(3)12-9-14/h4-13,15H2,1-3H3. The van der Waals surface area contributed by atoms with Crippen LogP contribution in [0.25, 0.3) is 0 Å². The lowest BCUT2D eigenvalue weighted by Gasteiger charge is -2.43. The Kier molecular flexibility index (Phi) is 6.45. The zero-order chi connectivity index (χ0) is 12.7. The van der Waals surface area contributed by atoms with Crippen molar-refractivity contribution in [1.29, 1.82) is 0 Å². The van der Waals surface area contributed by atoms with Crippen LogP contribution in [0.4, 0.5) is 0 Å². The van der Waals surface area contributed by atoms with Gasteiger partial charge < -0.3 is 10.6 Å². The van der Waals surface area contributed by atoms with E-state index in [9.17, 15) is 0 Å². The summed E-state index contributed by atoms with van der Waals surface area (Å²) in [6, 6.07) is 0. The zero-order valence-corrected chi connectivity index (χ0v) is 12.0. The van der Waals surface area contributed by atoms with Crippen LogP contribution in [0.2, 0.25) is 0 Å². The fourth-order valence-electron chi connectivity index (χ4n) is 3.04. The van der Waals surface area contributed by atoms with Gasteiger partial charge in [-0.25, -0.2) is 0 Å². The summed E-state index contributed by atoms with van der Waals surface area (Å²) in [4.78, 5) is 5.10. The molecule has 0 aromatic carbocycles. The summed E-state index contributed by atoms with van der Waals surface area (Å²) < 4.78 is 0. The summed E-state index contributed by atoms with van der Waals surface area (Å²) in [6.45, 7) is 10.1. The van der Waals surface area contributed by atoms with E-state index in [1.165, 1.54) is 51.7 Å². The van der Waals surface area contributed by atoms with Crippen LogP contribution in [-0.2, 0) is 0 Å². The largest absolute Gasteiger partial charge is 0.329 e. The van der Waals surface area contributed by atoms with Crippen molar-refractivity contribution in [2.24, 2.45) is 5.73 Å². The molecule has 1 rings (SSSR count). The minimum Gasteiger partial charge on any atom is -0.329 e. The van der Waals surface area contributed by atoms with Crippen LogP contribution in [0.1, 0.15) is 46.0 Å². The molecule has 0 aliphatic carbocycles. The fourth-order valence-corrected chi connectivity index (χ4v) is 3.04. The van der Waals surface area contributed by atoms with E-state index in [1.54, 1.807) is 0 Å². The Labute approximate surface area is 107 Å². The molecule has 1 aliphatic heterocycles. The van der Waals surface area contributed by atoms with Gasteiger partial charge in [0, 0.05) is 12.1 Å². The molecule has 0 saturated carbocycles. The minimum atomic E-state index is 0.272. The van der Waals surface area contributed by atoms with Crippen LogP contribution in [0.3, 0.4) is 0 Å². The van der Waals surface area contributed by atoms with Gasteiger partial charge in [-0.1, -0.05) is 20.3 Å². The first kappa shape index (κ1) is 14.9. The Morgan fingerprint density at radius 3 is 2.59 bits per heavy atom. The van der Waals surface area contributed by atoms with Gasteiger partial charge in [0.05, 0.1) is 0 Å². The van der Waals surface area contributed by atoms with E-state index in [4.69, 9.17) is 5.73 Å². The Hall–Kier alpha value is -0.120. The average molecular weight is 241 g/mol. The Bertz CT molecular complexity index is 208. The molecular formula is C14H31N3. The van der Waals surface area contributed by atoms with E-state index in [2.05, 4.69) is 30.7 Å². The summed E-state index contributed by atoms with van der Waals surface area (Å²) >= 11 is 0. The van der Waals surface area contributed by atoms with Gasteiger partial charge in [-0.15, -0.1) is 0 Å². The molecule has 2 N–H and O–H groups in total. The van der Waals surface area contributed by atoms with E-state index in [0.717, 1.165) is 13.1 Å². The molecule has 0 amide bonds. The van der Waals surface area contributed by atoms with Crippen molar-refractivity contribution in [2.75, 3.05) is 39.8 Å². The molecule has 0 aromatic rings. The lowest BCUT2D eigenvalue weighted by atomic mass is 9.88. The van der Waals surface area contributed by atoms with E-state index in [-0.39, 0.29) is 5.54 Å². The number of unbranched alkanes of at least 4 members (excludes halogenated alkanes) is 1. The highest BCUT2D eigenvalue weighted by molar-refractivity contribution is 4.94. The summed E-state index contributed by atoms with van der Waals surface area (Å²) in [5.74, 6) is 0. The molecule has 1 aliphatic rings. The number of nitrogens with zero attached hydrogens (tertiary/aromatic N) is 2. The third-order valence-electron chi connectivity index (χ3n) is 4.35. The molecule has 3 heteroatoms. The van der Waals surface area contributed by atoms with Crippen molar-refractivity contribution in [3.05, 3.63) is 0 Å². The predicted molar refractivity (Wildman–Crippen MR) is 75.3 cm³/mol. The summed E-state index contributed by atoms with van der Waals surface area (Å²) in [5.41, 5.74) is 6.41. The molecule has 102 valence electrons. The fraction of sp³-hybridized carbons (Fsp3) is 1.00. The van der Waals surface area contributed by atoms with Crippen LogP contribution in [0.15, 0.2) is 0 Å². The van der Waals surface area contributed by atoms with E-state index in [1.807, 2.05) is 0 Å². The third-order valence-corrected chi connectivity index (χ3v) is 4.35. The number of hydrogen-bond acceptors (Lipinski definition) is 3.